The monoisotopic (exact) mass is 276 g/mol. The van der Waals surface area contributed by atoms with Gasteiger partial charge >= 0.3 is 0 Å². The molecule has 2 N–H and O–H groups in total. The van der Waals surface area contributed by atoms with Crippen LogP contribution in [0.4, 0.5) is 0 Å². The number of nitrogens with two attached hydrogens (primary N) is 1. The topological polar surface area (TPSA) is 38.5 Å². The second kappa shape index (κ2) is 6.59. The van der Waals surface area contributed by atoms with Gasteiger partial charge in [0.15, 0.2) is 0 Å². The molecule has 1 heterocycles. The number of methoxy groups -OCH3 is 1. The molecule has 0 amide bonds. The molecule has 0 aliphatic carbocycles. The molecule has 0 saturated carbocycles. The Morgan fingerprint density at radius 1 is 1.25 bits per heavy atom. The van der Waals surface area contributed by atoms with Gasteiger partial charge in [-0.15, -0.1) is 0 Å². The largest absolute Gasteiger partial charge is 0.496 e. The van der Waals surface area contributed by atoms with Crippen molar-refractivity contribution in [3.63, 3.8) is 0 Å². The Morgan fingerprint density at radius 3 is 2.75 bits per heavy atom. The second-order valence-corrected chi connectivity index (χ2v) is 6.64. The van der Waals surface area contributed by atoms with Crippen LogP contribution in [0.3, 0.4) is 0 Å². The zero-order valence-corrected chi connectivity index (χ0v) is 13.1. The van der Waals surface area contributed by atoms with E-state index < -0.39 is 0 Å². The maximum absolute atomic E-state index is 5.72. The molecular weight excluding hydrogens is 248 g/mol. The van der Waals surface area contributed by atoms with Crippen LogP contribution in [0.15, 0.2) is 18.2 Å². The molecule has 0 radical (unpaired) electrons. The normalized spacial score (nSPS) is 19.6. The van der Waals surface area contributed by atoms with Crippen LogP contribution in [0.25, 0.3) is 0 Å². The molecule has 1 saturated heterocycles. The van der Waals surface area contributed by atoms with E-state index in [1.807, 2.05) is 0 Å². The van der Waals surface area contributed by atoms with Crippen LogP contribution in [0.2, 0.25) is 0 Å². The summed E-state index contributed by atoms with van der Waals surface area (Å²) < 4.78 is 5.43. The lowest BCUT2D eigenvalue weighted by molar-refractivity contribution is 0.255. The number of ether oxygens (including phenoxy) is 1. The van der Waals surface area contributed by atoms with E-state index in [0.29, 0.717) is 12.0 Å². The fraction of sp³-hybridized carbons (Fsp3) is 0.647. The van der Waals surface area contributed by atoms with Gasteiger partial charge in [0.05, 0.1) is 7.11 Å². The molecule has 20 heavy (non-hydrogen) atoms. The summed E-state index contributed by atoms with van der Waals surface area (Å²) in [5.41, 5.74) is 8.61. The first kappa shape index (κ1) is 15.3. The molecule has 0 atom stereocenters. The molecule has 0 unspecified atom stereocenters. The van der Waals surface area contributed by atoms with Gasteiger partial charge in [-0.2, -0.15) is 0 Å². The van der Waals surface area contributed by atoms with Gasteiger partial charge in [-0.05, 0) is 49.4 Å². The SMILES string of the molecule is COc1cc(CN2CCCC(C)(C)CC2)ccc1CN. The van der Waals surface area contributed by atoms with E-state index >= 15 is 0 Å². The Bertz CT molecular complexity index is 443. The molecule has 2 rings (SSSR count). The molecule has 3 heteroatoms. The van der Waals surface area contributed by atoms with Gasteiger partial charge in [0.1, 0.15) is 5.75 Å². The van der Waals surface area contributed by atoms with Gasteiger partial charge in [-0.3, -0.25) is 4.90 Å². The van der Waals surface area contributed by atoms with Gasteiger partial charge in [0.25, 0.3) is 0 Å². The first-order chi connectivity index (χ1) is 9.54. The van der Waals surface area contributed by atoms with Gasteiger partial charge in [-0.25, -0.2) is 0 Å². The van der Waals surface area contributed by atoms with Crippen LogP contribution in [0, 0.1) is 5.41 Å². The maximum atomic E-state index is 5.72. The van der Waals surface area contributed by atoms with Crippen molar-refractivity contribution >= 4 is 0 Å². The summed E-state index contributed by atoms with van der Waals surface area (Å²) >= 11 is 0. The minimum absolute atomic E-state index is 0.496. The minimum Gasteiger partial charge on any atom is -0.496 e. The van der Waals surface area contributed by atoms with Crippen LogP contribution in [-0.2, 0) is 13.1 Å². The van der Waals surface area contributed by atoms with E-state index in [2.05, 4.69) is 36.9 Å². The molecular formula is C17H28N2O. The molecule has 112 valence electrons. The van der Waals surface area contributed by atoms with Crippen molar-refractivity contribution in [1.29, 1.82) is 0 Å². The first-order valence-corrected chi connectivity index (χ1v) is 7.62. The number of rotatable bonds is 4. The van der Waals surface area contributed by atoms with Crippen LogP contribution < -0.4 is 10.5 Å². The highest BCUT2D eigenvalue weighted by Crippen LogP contribution is 2.30. The van der Waals surface area contributed by atoms with E-state index in [9.17, 15) is 0 Å². The highest BCUT2D eigenvalue weighted by atomic mass is 16.5. The molecule has 0 spiro atoms. The predicted octanol–water partition coefficient (Wildman–Crippen LogP) is 3.17. The molecule has 1 aromatic rings. The highest BCUT2D eigenvalue weighted by Gasteiger charge is 2.23. The third-order valence-electron chi connectivity index (χ3n) is 4.41. The summed E-state index contributed by atoms with van der Waals surface area (Å²) in [6.45, 7) is 8.70. The van der Waals surface area contributed by atoms with Crippen molar-refractivity contribution in [2.75, 3.05) is 20.2 Å². The summed E-state index contributed by atoms with van der Waals surface area (Å²) in [5.74, 6) is 0.917. The molecule has 3 nitrogen and oxygen atoms in total. The van der Waals surface area contributed by atoms with Crippen LogP contribution in [-0.4, -0.2) is 25.1 Å². The molecule has 0 bridgehead atoms. The van der Waals surface area contributed by atoms with Gasteiger partial charge in [0.2, 0.25) is 0 Å². The summed E-state index contributed by atoms with van der Waals surface area (Å²) in [7, 11) is 1.72. The summed E-state index contributed by atoms with van der Waals surface area (Å²) in [6, 6.07) is 6.41. The Balaban J connectivity index is 2.02. The van der Waals surface area contributed by atoms with Crippen molar-refractivity contribution < 1.29 is 4.74 Å². The summed E-state index contributed by atoms with van der Waals surface area (Å²) in [6.07, 6.45) is 3.91. The highest BCUT2D eigenvalue weighted by molar-refractivity contribution is 5.37. The van der Waals surface area contributed by atoms with E-state index in [0.717, 1.165) is 17.9 Å². The van der Waals surface area contributed by atoms with Gasteiger partial charge in [0, 0.05) is 18.7 Å². The lowest BCUT2D eigenvalue weighted by Gasteiger charge is -2.23. The lowest BCUT2D eigenvalue weighted by Crippen LogP contribution is -2.25. The lowest BCUT2D eigenvalue weighted by atomic mass is 9.85. The Hall–Kier alpha value is -1.06. The van der Waals surface area contributed by atoms with Crippen molar-refractivity contribution in [2.24, 2.45) is 11.1 Å². The van der Waals surface area contributed by atoms with Crippen molar-refractivity contribution in [1.82, 2.24) is 4.90 Å². The smallest absolute Gasteiger partial charge is 0.123 e. The van der Waals surface area contributed by atoms with E-state index in [1.165, 1.54) is 37.9 Å². The summed E-state index contributed by atoms with van der Waals surface area (Å²) in [5, 5.41) is 0. The molecule has 1 aliphatic rings. The Kier molecular flexibility index (Phi) is 5.06. The predicted molar refractivity (Wildman–Crippen MR) is 83.8 cm³/mol. The van der Waals surface area contributed by atoms with E-state index in [4.69, 9.17) is 10.5 Å². The van der Waals surface area contributed by atoms with Crippen LogP contribution >= 0.6 is 0 Å². The molecule has 1 aromatic carbocycles. The van der Waals surface area contributed by atoms with Gasteiger partial charge in [-0.1, -0.05) is 26.0 Å². The fourth-order valence-electron chi connectivity index (χ4n) is 2.95. The number of benzene rings is 1. The maximum Gasteiger partial charge on any atom is 0.123 e. The fourth-order valence-corrected chi connectivity index (χ4v) is 2.95. The second-order valence-electron chi connectivity index (χ2n) is 6.64. The number of hydrogen-bond acceptors (Lipinski definition) is 3. The van der Waals surface area contributed by atoms with Crippen LogP contribution in [0.5, 0.6) is 5.75 Å². The average molecular weight is 276 g/mol. The van der Waals surface area contributed by atoms with Crippen molar-refractivity contribution in [3.8, 4) is 5.75 Å². The zero-order chi connectivity index (χ0) is 14.6. The average Bonchev–Trinajstić information content (AvgIpc) is 2.60. The molecule has 0 aromatic heterocycles. The van der Waals surface area contributed by atoms with Crippen molar-refractivity contribution in [2.45, 2.75) is 46.2 Å². The number of nitrogens with zero attached hydrogens (tertiary/aromatic N) is 1. The van der Waals surface area contributed by atoms with E-state index in [-0.39, 0.29) is 0 Å². The molecule has 1 aliphatic heterocycles. The number of likely N-dealkylation sites (tertiary alicyclic amines) is 1. The Morgan fingerprint density at radius 2 is 2.05 bits per heavy atom. The minimum atomic E-state index is 0.496. The number of hydrogen-bond donors (Lipinski definition) is 1. The first-order valence-electron chi connectivity index (χ1n) is 7.62. The van der Waals surface area contributed by atoms with Gasteiger partial charge < -0.3 is 10.5 Å². The third kappa shape index (κ3) is 3.97. The zero-order valence-electron chi connectivity index (χ0n) is 13.1. The summed E-state index contributed by atoms with van der Waals surface area (Å²) in [4.78, 5) is 2.56. The third-order valence-corrected chi connectivity index (χ3v) is 4.41. The Labute approximate surface area is 123 Å². The van der Waals surface area contributed by atoms with Crippen LogP contribution in [0.1, 0.15) is 44.2 Å². The standard InChI is InChI=1S/C17H28N2O/c1-17(2)7-4-9-19(10-8-17)13-14-5-6-15(12-18)16(11-14)20-3/h5-6,11H,4,7-10,12-13,18H2,1-3H3. The quantitative estimate of drug-likeness (QED) is 0.918. The molecule has 1 fully saturated rings. The van der Waals surface area contributed by atoms with Crippen molar-refractivity contribution in [3.05, 3.63) is 29.3 Å². The van der Waals surface area contributed by atoms with E-state index in [1.54, 1.807) is 7.11 Å².